The number of likely N-dealkylation sites (N-methyl/N-ethyl adjacent to an activating group) is 1. The molecule has 9 heteroatoms. The highest BCUT2D eigenvalue weighted by Crippen LogP contribution is 2.29. The predicted molar refractivity (Wildman–Crippen MR) is 72.5 cm³/mol. The third-order valence-corrected chi connectivity index (χ3v) is 4.30. The summed E-state index contributed by atoms with van der Waals surface area (Å²) < 4.78 is 36.7. The van der Waals surface area contributed by atoms with Crippen LogP contribution in [0, 0.1) is 0 Å². The number of aromatic nitrogens is 1. The molecule has 1 aliphatic carbocycles. The predicted octanol–water partition coefficient (Wildman–Crippen LogP) is 2.41. The number of nitrogens with one attached hydrogen (secondary N) is 1. The number of urea groups is 1. The van der Waals surface area contributed by atoms with Gasteiger partial charge in [0, 0.05) is 11.9 Å². The van der Waals surface area contributed by atoms with E-state index < -0.39 is 24.9 Å². The standard InChI is InChI=1S/C12H16F3N3O2S/c1-18(6-9(19)12(13,14)15)11(20)17-10-16-7-4-2-3-5-8(7)21-10/h9,19H,2-6H2,1H3,(H,16,17,20)/t9-/m0/s1. The molecule has 1 heterocycles. The molecule has 0 bridgehead atoms. The van der Waals surface area contributed by atoms with Gasteiger partial charge in [0.1, 0.15) is 0 Å². The van der Waals surface area contributed by atoms with E-state index in [-0.39, 0.29) is 0 Å². The van der Waals surface area contributed by atoms with Crippen molar-refractivity contribution in [2.45, 2.75) is 38.0 Å². The lowest BCUT2D eigenvalue weighted by Gasteiger charge is -2.22. The highest BCUT2D eigenvalue weighted by Gasteiger charge is 2.39. The molecule has 21 heavy (non-hydrogen) atoms. The maximum atomic E-state index is 12.2. The SMILES string of the molecule is CN(C[C@H](O)C(F)(F)F)C(=O)Nc1nc2c(s1)CCCC2. The first-order valence-electron chi connectivity index (χ1n) is 6.53. The quantitative estimate of drug-likeness (QED) is 0.898. The van der Waals surface area contributed by atoms with E-state index in [0.29, 0.717) is 5.13 Å². The summed E-state index contributed by atoms with van der Waals surface area (Å²) in [7, 11) is 1.19. The summed E-state index contributed by atoms with van der Waals surface area (Å²) in [5.41, 5.74) is 0.958. The second-order valence-electron chi connectivity index (χ2n) is 4.96. The maximum Gasteiger partial charge on any atom is 0.416 e. The van der Waals surface area contributed by atoms with Crippen LogP contribution in [0.15, 0.2) is 0 Å². The number of rotatable bonds is 3. The van der Waals surface area contributed by atoms with Gasteiger partial charge >= 0.3 is 12.2 Å². The molecule has 0 radical (unpaired) electrons. The first-order chi connectivity index (χ1) is 9.77. The minimum absolute atomic E-state index is 0.389. The molecule has 5 nitrogen and oxygen atoms in total. The number of hydrogen-bond donors (Lipinski definition) is 2. The number of anilines is 1. The van der Waals surface area contributed by atoms with E-state index in [0.717, 1.165) is 41.2 Å². The van der Waals surface area contributed by atoms with Gasteiger partial charge in [0.2, 0.25) is 0 Å². The molecule has 0 spiro atoms. The third kappa shape index (κ3) is 4.07. The third-order valence-electron chi connectivity index (χ3n) is 3.23. The summed E-state index contributed by atoms with van der Waals surface area (Å²) in [5.74, 6) is 0. The van der Waals surface area contributed by atoms with Crippen LogP contribution in [-0.4, -0.2) is 46.9 Å². The molecule has 0 saturated heterocycles. The normalized spacial score (nSPS) is 16.2. The van der Waals surface area contributed by atoms with E-state index in [1.54, 1.807) is 0 Å². The number of carbonyl (C=O) groups excluding carboxylic acids is 1. The van der Waals surface area contributed by atoms with Crippen LogP contribution in [0.25, 0.3) is 0 Å². The zero-order chi connectivity index (χ0) is 15.6. The van der Waals surface area contributed by atoms with Crippen molar-refractivity contribution in [1.82, 2.24) is 9.88 Å². The van der Waals surface area contributed by atoms with Gasteiger partial charge in [-0.3, -0.25) is 5.32 Å². The summed E-state index contributed by atoms with van der Waals surface area (Å²) in [5, 5.41) is 11.8. The van der Waals surface area contributed by atoms with Crippen LogP contribution in [-0.2, 0) is 12.8 Å². The fraction of sp³-hybridized carbons (Fsp3) is 0.667. The van der Waals surface area contributed by atoms with E-state index in [1.807, 2.05) is 0 Å². The molecule has 2 rings (SSSR count). The average Bonchev–Trinajstić information content (AvgIpc) is 2.79. The van der Waals surface area contributed by atoms with Crippen molar-refractivity contribution in [1.29, 1.82) is 0 Å². The van der Waals surface area contributed by atoms with Gasteiger partial charge in [0.25, 0.3) is 0 Å². The first-order valence-corrected chi connectivity index (χ1v) is 7.34. The average molecular weight is 323 g/mol. The number of aliphatic hydroxyl groups is 1. The topological polar surface area (TPSA) is 65.5 Å². The van der Waals surface area contributed by atoms with Crippen LogP contribution >= 0.6 is 11.3 Å². The van der Waals surface area contributed by atoms with Crippen molar-refractivity contribution in [2.24, 2.45) is 0 Å². The van der Waals surface area contributed by atoms with Gasteiger partial charge in [-0.05, 0) is 25.7 Å². The number of aryl methyl sites for hydroxylation is 2. The van der Waals surface area contributed by atoms with Crippen molar-refractivity contribution >= 4 is 22.5 Å². The Labute approximate surface area is 123 Å². The van der Waals surface area contributed by atoms with Crippen molar-refractivity contribution in [3.8, 4) is 0 Å². The highest BCUT2D eigenvalue weighted by molar-refractivity contribution is 7.15. The Morgan fingerprint density at radius 1 is 1.48 bits per heavy atom. The number of hydrogen-bond acceptors (Lipinski definition) is 4. The Kier molecular flexibility index (Phi) is 4.72. The van der Waals surface area contributed by atoms with Crippen LogP contribution in [0.4, 0.5) is 23.1 Å². The van der Waals surface area contributed by atoms with Crippen LogP contribution in [0.2, 0.25) is 0 Å². The molecule has 0 unspecified atom stereocenters. The van der Waals surface area contributed by atoms with E-state index in [9.17, 15) is 18.0 Å². The number of thiazole rings is 1. The van der Waals surface area contributed by atoms with Crippen LogP contribution in [0.5, 0.6) is 0 Å². The highest BCUT2D eigenvalue weighted by atomic mass is 32.1. The van der Waals surface area contributed by atoms with Crippen LogP contribution in [0.3, 0.4) is 0 Å². The molecule has 1 aromatic heterocycles. The molecule has 0 aromatic carbocycles. The molecule has 2 N–H and O–H groups in total. The molecular formula is C12H16F3N3O2S. The zero-order valence-corrected chi connectivity index (χ0v) is 12.2. The van der Waals surface area contributed by atoms with Gasteiger partial charge in [-0.2, -0.15) is 13.2 Å². The number of halogens is 3. The Morgan fingerprint density at radius 3 is 2.76 bits per heavy atom. The number of aliphatic hydroxyl groups excluding tert-OH is 1. The van der Waals surface area contributed by atoms with Crippen molar-refractivity contribution in [2.75, 3.05) is 18.9 Å². The Morgan fingerprint density at radius 2 is 2.14 bits per heavy atom. The lowest BCUT2D eigenvalue weighted by Crippen LogP contribution is -2.43. The van der Waals surface area contributed by atoms with Crippen molar-refractivity contribution in [3.05, 3.63) is 10.6 Å². The molecule has 1 atom stereocenters. The molecule has 118 valence electrons. The number of fused-ring (bicyclic) bond motifs is 1. The van der Waals surface area contributed by atoms with E-state index in [4.69, 9.17) is 5.11 Å². The van der Waals surface area contributed by atoms with E-state index in [1.165, 1.54) is 18.4 Å². The molecular weight excluding hydrogens is 307 g/mol. The minimum Gasteiger partial charge on any atom is -0.382 e. The second kappa shape index (κ2) is 6.18. The van der Waals surface area contributed by atoms with Gasteiger partial charge in [-0.1, -0.05) is 0 Å². The van der Waals surface area contributed by atoms with E-state index >= 15 is 0 Å². The van der Waals surface area contributed by atoms with Crippen molar-refractivity contribution < 1.29 is 23.1 Å². The van der Waals surface area contributed by atoms with Gasteiger partial charge in [-0.25, -0.2) is 9.78 Å². The summed E-state index contributed by atoms with van der Waals surface area (Å²) in [6, 6.07) is -0.718. The monoisotopic (exact) mass is 323 g/mol. The Hall–Kier alpha value is -1.35. The Bertz CT molecular complexity index is 495. The largest absolute Gasteiger partial charge is 0.416 e. The molecule has 0 aliphatic heterocycles. The number of carbonyl (C=O) groups is 1. The molecule has 1 aromatic rings. The van der Waals surface area contributed by atoms with E-state index in [2.05, 4.69) is 10.3 Å². The minimum atomic E-state index is -4.74. The second-order valence-corrected chi connectivity index (χ2v) is 6.05. The maximum absolute atomic E-state index is 12.2. The number of amides is 2. The van der Waals surface area contributed by atoms with Gasteiger partial charge in [-0.15, -0.1) is 11.3 Å². The number of alkyl halides is 3. The van der Waals surface area contributed by atoms with Gasteiger partial charge in [0.15, 0.2) is 11.2 Å². The fourth-order valence-electron chi connectivity index (χ4n) is 2.04. The summed E-state index contributed by atoms with van der Waals surface area (Å²) in [6.45, 7) is -0.819. The lowest BCUT2D eigenvalue weighted by atomic mass is 10.0. The van der Waals surface area contributed by atoms with Crippen molar-refractivity contribution in [3.63, 3.8) is 0 Å². The zero-order valence-electron chi connectivity index (χ0n) is 11.4. The molecule has 2 amide bonds. The summed E-state index contributed by atoms with van der Waals surface area (Å²) >= 11 is 1.35. The van der Waals surface area contributed by atoms with Gasteiger partial charge in [0.05, 0.1) is 12.2 Å². The Balaban J connectivity index is 1.93. The van der Waals surface area contributed by atoms with Crippen LogP contribution < -0.4 is 5.32 Å². The first kappa shape index (κ1) is 16.0. The van der Waals surface area contributed by atoms with Gasteiger partial charge < -0.3 is 10.0 Å². The molecule has 0 saturated carbocycles. The smallest absolute Gasteiger partial charge is 0.382 e. The fourth-order valence-corrected chi connectivity index (χ4v) is 3.08. The summed E-state index contributed by atoms with van der Waals surface area (Å²) in [6.07, 6.45) is -3.37. The summed E-state index contributed by atoms with van der Waals surface area (Å²) in [4.78, 5) is 18.0. The number of nitrogens with zero attached hydrogens (tertiary/aromatic N) is 2. The molecule has 1 aliphatic rings. The lowest BCUT2D eigenvalue weighted by molar-refractivity contribution is -0.205. The molecule has 0 fully saturated rings. The van der Waals surface area contributed by atoms with Crippen LogP contribution in [0.1, 0.15) is 23.4 Å².